The van der Waals surface area contributed by atoms with Crippen molar-refractivity contribution < 1.29 is 10.0 Å². The Morgan fingerprint density at radius 1 is 1.14 bits per heavy atom. The molecular weight excluding hydrogens is 270 g/mol. The Bertz CT molecular complexity index is 794. The quantitative estimate of drug-likeness (QED) is 0.589. The lowest BCUT2D eigenvalue weighted by atomic mass is 10.1. The molecule has 0 spiro atoms. The Morgan fingerprint density at radius 3 is 2.52 bits per heavy atom. The van der Waals surface area contributed by atoms with Gasteiger partial charge < -0.3 is 5.11 Å². The smallest absolute Gasteiger partial charge is 0.271 e. The summed E-state index contributed by atoms with van der Waals surface area (Å²) in [6.45, 7) is 0.535. The molecule has 0 unspecified atom stereocenters. The largest absolute Gasteiger partial charge is 0.392 e. The predicted octanol–water partition coefficient (Wildman–Crippen LogP) is 2.49. The summed E-state index contributed by atoms with van der Waals surface area (Å²) in [5.41, 5.74) is 2.65. The number of nitrogens with zero attached hydrogens (tertiary/aromatic N) is 3. The second-order valence-electron chi connectivity index (χ2n) is 4.78. The van der Waals surface area contributed by atoms with Gasteiger partial charge in [-0.05, 0) is 17.2 Å². The zero-order chi connectivity index (χ0) is 14.8. The number of nitro benzene ring substituents is 1. The highest BCUT2D eigenvalue weighted by Crippen LogP contribution is 2.21. The Labute approximate surface area is 120 Å². The van der Waals surface area contributed by atoms with Gasteiger partial charge in [-0.2, -0.15) is 5.10 Å². The molecule has 0 radical (unpaired) electrons. The molecular formula is C15H13N3O3. The second-order valence-corrected chi connectivity index (χ2v) is 4.78. The van der Waals surface area contributed by atoms with Gasteiger partial charge in [0.1, 0.15) is 0 Å². The highest BCUT2D eigenvalue weighted by Gasteiger charge is 2.10. The summed E-state index contributed by atoms with van der Waals surface area (Å²) in [6.07, 6.45) is 1.70. The predicted molar refractivity (Wildman–Crippen MR) is 77.9 cm³/mol. The van der Waals surface area contributed by atoms with Crippen LogP contribution in [0.4, 0.5) is 5.69 Å². The first-order valence-electron chi connectivity index (χ1n) is 6.46. The molecule has 0 aliphatic heterocycles. The number of hydrogen-bond donors (Lipinski definition) is 1. The molecule has 1 N–H and O–H groups in total. The van der Waals surface area contributed by atoms with E-state index in [1.165, 1.54) is 12.1 Å². The Morgan fingerprint density at radius 2 is 1.86 bits per heavy atom. The Hall–Kier alpha value is -2.73. The SMILES string of the molecule is O=[N+]([O-])c1ccc2cnn(Cc3ccc(CO)cc3)c2c1. The number of fused-ring (bicyclic) bond motifs is 1. The molecule has 0 saturated heterocycles. The van der Waals surface area contributed by atoms with E-state index in [1.54, 1.807) is 16.9 Å². The number of nitro groups is 1. The van der Waals surface area contributed by atoms with Gasteiger partial charge in [-0.1, -0.05) is 24.3 Å². The van der Waals surface area contributed by atoms with Crippen LogP contribution >= 0.6 is 0 Å². The van der Waals surface area contributed by atoms with E-state index in [0.29, 0.717) is 6.54 Å². The molecule has 6 nitrogen and oxygen atoms in total. The van der Waals surface area contributed by atoms with E-state index in [9.17, 15) is 10.1 Å². The van der Waals surface area contributed by atoms with E-state index in [4.69, 9.17) is 5.11 Å². The second kappa shape index (κ2) is 5.34. The fraction of sp³-hybridized carbons (Fsp3) is 0.133. The number of aliphatic hydroxyl groups excluding tert-OH is 1. The summed E-state index contributed by atoms with van der Waals surface area (Å²) in [6, 6.07) is 12.2. The normalized spacial score (nSPS) is 10.9. The third kappa shape index (κ3) is 2.61. The first kappa shape index (κ1) is 13.3. The van der Waals surface area contributed by atoms with Gasteiger partial charge in [-0.25, -0.2) is 0 Å². The molecule has 1 aromatic heterocycles. The monoisotopic (exact) mass is 283 g/mol. The molecule has 106 valence electrons. The minimum absolute atomic E-state index is 0.0111. The fourth-order valence-electron chi connectivity index (χ4n) is 2.22. The van der Waals surface area contributed by atoms with Crippen molar-refractivity contribution in [2.24, 2.45) is 0 Å². The molecule has 21 heavy (non-hydrogen) atoms. The minimum atomic E-state index is -0.410. The van der Waals surface area contributed by atoms with E-state index < -0.39 is 4.92 Å². The van der Waals surface area contributed by atoms with Crippen molar-refractivity contribution in [2.75, 3.05) is 0 Å². The van der Waals surface area contributed by atoms with Gasteiger partial charge in [0.25, 0.3) is 5.69 Å². The Balaban J connectivity index is 1.95. The third-order valence-electron chi connectivity index (χ3n) is 3.38. The van der Waals surface area contributed by atoms with Gasteiger partial charge in [0.15, 0.2) is 0 Å². The number of benzene rings is 2. The molecule has 0 fully saturated rings. The molecule has 0 aliphatic carbocycles. The van der Waals surface area contributed by atoms with Gasteiger partial charge in [0, 0.05) is 17.5 Å². The number of aromatic nitrogens is 2. The molecule has 6 heteroatoms. The number of non-ortho nitro benzene ring substituents is 1. The highest BCUT2D eigenvalue weighted by molar-refractivity contribution is 5.81. The van der Waals surface area contributed by atoms with E-state index >= 15 is 0 Å². The van der Waals surface area contributed by atoms with E-state index in [-0.39, 0.29) is 12.3 Å². The average molecular weight is 283 g/mol. The van der Waals surface area contributed by atoms with Crippen molar-refractivity contribution in [3.63, 3.8) is 0 Å². The molecule has 3 aromatic rings. The number of rotatable bonds is 4. The standard InChI is InChI=1S/C15H13N3O3/c19-10-12-3-1-11(2-4-12)9-17-15-7-14(18(20)21)6-5-13(15)8-16-17/h1-8,19H,9-10H2. The van der Waals surface area contributed by atoms with Crippen molar-refractivity contribution in [1.82, 2.24) is 9.78 Å². The van der Waals surface area contributed by atoms with Crippen molar-refractivity contribution in [1.29, 1.82) is 0 Å². The summed E-state index contributed by atoms with van der Waals surface area (Å²) in [4.78, 5) is 10.4. The van der Waals surface area contributed by atoms with Crippen LogP contribution in [-0.2, 0) is 13.2 Å². The summed E-state index contributed by atoms with van der Waals surface area (Å²) in [5.74, 6) is 0. The van der Waals surface area contributed by atoms with Crippen LogP contribution in [0.5, 0.6) is 0 Å². The van der Waals surface area contributed by atoms with Crippen LogP contribution in [0.3, 0.4) is 0 Å². The van der Waals surface area contributed by atoms with Crippen LogP contribution in [0.2, 0.25) is 0 Å². The highest BCUT2D eigenvalue weighted by atomic mass is 16.6. The maximum atomic E-state index is 10.9. The van der Waals surface area contributed by atoms with Crippen molar-refractivity contribution >= 4 is 16.6 Å². The fourth-order valence-corrected chi connectivity index (χ4v) is 2.22. The maximum Gasteiger partial charge on any atom is 0.271 e. The summed E-state index contributed by atoms with van der Waals surface area (Å²) >= 11 is 0. The molecule has 0 saturated carbocycles. The molecule has 3 rings (SSSR count). The van der Waals surface area contributed by atoms with Gasteiger partial charge in [-0.3, -0.25) is 14.8 Å². The van der Waals surface area contributed by atoms with E-state index in [1.807, 2.05) is 24.3 Å². The lowest BCUT2D eigenvalue weighted by Crippen LogP contribution is -2.01. The first-order valence-corrected chi connectivity index (χ1v) is 6.46. The van der Waals surface area contributed by atoms with E-state index in [2.05, 4.69) is 5.10 Å². The molecule has 1 heterocycles. The van der Waals surface area contributed by atoms with Crippen LogP contribution in [0, 0.1) is 10.1 Å². The Kier molecular flexibility index (Phi) is 3.37. The van der Waals surface area contributed by atoms with Crippen LogP contribution < -0.4 is 0 Å². The maximum absolute atomic E-state index is 10.9. The van der Waals surface area contributed by atoms with Crippen molar-refractivity contribution in [3.05, 3.63) is 69.9 Å². The number of aliphatic hydroxyl groups is 1. The minimum Gasteiger partial charge on any atom is -0.392 e. The lowest BCUT2D eigenvalue weighted by molar-refractivity contribution is -0.384. The van der Waals surface area contributed by atoms with E-state index in [0.717, 1.165) is 22.0 Å². The lowest BCUT2D eigenvalue weighted by Gasteiger charge is -2.05. The van der Waals surface area contributed by atoms with Crippen molar-refractivity contribution in [2.45, 2.75) is 13.2 Å². The van der Waals surface area contributed by atoms with Gasteiger partial charge in [-0.15, -0.1) is 0 Å². The van der Waals surface area contributed by atoms with Crippen LogP contribution in [0.1, 0.15) is 11.1 Å². The third-order valence-corrected chi connectivity index (χ3v) is 3.38. The van der Waals surface area contributed by atoms with Crippen LogP contribution in [0.25, 0.3) is 10.9 Å². The first-order chi connectivity index (χ1) is 10.2. The molecule has 0 amide bonds. The molecule has 0 bridgehead atoms. The molecule has 0 atom stereocenters. The topological polar surface area (TPSA) is 81.2 Å². The average Bonchev–Trinajstić information content (AvgIpc) is 2.90. The zero-order valence-corrected chi connectivity index (χ0v) is 11.1. The van der Waals surface area contributed by atoms with Crippen LogP contribution in [0.15, 0.2) is 48.7 Å². The molecule has 2 aromatic carbocycles. The van der Waals surface area contributed by atoms with Gasteiger partial charge in [0.2, 0.25) is 0 Å². The zero-order valence-electron chi connectivity index (χ0n) is 11.1. The van der Waals surface area contributed by atoms with Gasteiger partial charge >= 0.3 is 0 Å². The summed E-state index contributed by atoms with van der Waals surface area (Å²) in [7, 11) is 0. The number of hydrogen-bond acceptors (Lipinski definition) is 4. The van der Waals surface area contributed by atoms with Crippen molar-refractivity contribution in [3.8, 4) is 0 Å². The summed E-state index contributed by atoms with van der Waals surface area (Å²) in [5, 5.41) is 25.0. The summed E-state index contributed by atoms with van der Waals surface area (Å²) < 4.78 is 1.73. The van der Waals surface area contributed by atoms with Gasteiger partial charge in [0.05, 0.1) is 29.8 Å². The molecule has 0 aliphatic rings. The van der Waals surface area contributed by atoms with Crippen LogP contribution in [-0.4, -0.2) is 19.8 Å².